The molecular weight excluding hydrogens is 206 g/mol. The zero-order chi connectivity index (χ0) is 11.5. The van der Waals surface area contributed by atoms with Crippen molar-refractivity contribution < 1.29 is 9.53 Å². The molecule has 0 unspecified atom stereocenters. The second-order valence-corrected chi connectivity index (χ2v) is 3.87. The summed E-state index contributed by atoms with van der Waals surface area (Å²) in [4.78, 5) is 17.8. The van der Waals surface area contributed by atoms with Gasteiger partial charge in [-0.3, -0.25) is 4.79 Å². The van der Waals surface area contributed by atoms with E-state index in [0.717, 1.165) is 13.1 Å². The van der Waals surface area contributed by atoms with E-state index in [2.05, 4.69) is 4.98 Å². The number of hydrogen-bond acceptors (Lipinski definition) is 4. The Balaban J connectivity index is 2.10. The molecule has 1 fully saturated rings. The minimum Gasteiger partial charge on any atom is -0.480 e. The molecule has 5 heteroatoms. The van der Waals surface area contributed by atoms with E-state index in [1.165, 1.54) is 7.11 Å². The number of nitrogens with zero attached hydrogens (tertiary/aromatic N) is 2. The van der Waals surface area contributed by atoms with Crippen LogP contribution in [-0.4, -0.2) is 42.5 Å². The smallest absolute Gasteiger partial charge is 0.259 e. The first-order chi connectivity index (χ1) is 7.76. The van der Waals surface area contributed by atoms with Crippen LogP contribution in [0.15, 0.2) is 18.3 Å². The van der Waals surface area contributed by atoms with Crippen molar-refractivity contribution in [3.05, 3.63) is 23.9 Å². The quantitative estimate of drug-likeness (QED) is 0.787. The van der Waals surface area contributed by atoms with Crippen LogP contribution in [0.25, 0.3) is 0 Å². The van der Waals surface area contributed by atoms with Gasteiger partial charge < -0.3 is 15.4 Å². The van der Waals surface area contributed by atoms with E-state index >= 15 is 0 Å². The Bertz CT molecular complexity index is 389. The van der Waals surface area contributed by atoms with Crippen molar-refractivity contribution in [1.29, 1.82) is 0 Å². The van der Waals surface area contributed by atoms with Gasteiger partial charge in [-0.1, -0.05) is 0 Å². The number of rotatable bonds is 3. The number of aromatic nitrogens is 1. The molecule has 86 valence electrons. The van der Waals surface area contributed by atoms with E-state index in [4.69, 9.17) is 10.5 Å². The number of carbonyl (C=O) groups is 1. The van der Waals surface area contributed by atoms with Gasteiger partial charge in [0, 0.05) is 25.2 Å². The molecule has 1 aliphatic heterocycles. The van der Waals surface area contributed by atoms with Crippen LogP contribution < -0.4 is 10.5 Å². The first-order valence-electron chi connectivity index (χ1n) is 5.24. The molecule has 16 heavy (non-hydrogen) atoms. The zero-order valence-electron chi connectivity index (χ0n) is 9.22. The summed E-state index contributed by atoms with van der Waals surface area (Å²) in [5.41, 5.74) is 6.03. The summed E-state index contributed by atoms with van der Waals surface area (Å²) >= 11 is 0. The maximum absolute atomic E-state index is 12.0. The van der Waals surface area contributed by atoms with Crippen LogP contribution in [0.2, 0.25) is 0 Å². The molecule has 0 atom stereocenters. The summed E-state index contributed by atoms with van der Waals surface area (Å²) in [7, 11) is 1.51. The van der Waals surface area contributed by atoms with Crippen LogP contribution in [0.4, 0.5) is 0 Å². The van der Waals surface area contributed by atoms with Crippen LogP contribution in [0.1, 0.15) is 10.4 Å². The number of nitrogens with two attached hydrogens (primary N) is 1. The van der Waals surface area contributed by atoms with Gasteiger partial charge in [0.2, 0.25) is 5.88 Å². The predicted molar refractivity (Wildman–Crippen MR) is 59.2 cm³/mol. The molecule has 0 radical (unpaired) electrons. The van der Waals surface area contributed by atoms with Crippen LogP contribution in [0.5, 0.6) is 5.88 Å². The van der Waals surface area contributed by atoms with Gasteiger partial charge in [0.1, 0.15) is 5.56 Å². The summed E-state index contributed by atoms with van der Waals surface area (Å²) in [6.07, 6.45) is 1.61. The van der Waals surface area contributed by atoms with Crippen LogP contribution in [-0.2, 0) is 0 Å². The predicted octanol–water partition coefficient (Wildman–Crippen LogP) is 0.121. The summed E-state index contributed by atoms with van der Waals surface area (Å²) in [5.74, 6) is 0.782. The Morgan fingerprint density at radius 1 is 1.69 bits per heavy atom. The Morgan fingerprint density at radius 3 is 3.06 bits per heavy atom. The van der Waals surface area contributed by atoms with E-state index in [9.17, 15) is 4.79 Å². The van der Waals surface area contributed by atoms with Crippen LogP contribution in [0, 0.1) is 5.92 Å². The number of carbonyl (C=O) groups excluding carboxylic acids is 1. The van der Waals surface area contributed by atoms with Gasteiger partial charge in [0.25, 0.3) is 5.91 Å². The van der Waals surface area contributed by atoms with Gasteiger partial charge in [0.05, 0.1) is 7.11 Å². The molecule has 0 aliphatic carbocycles. The van der Waals surface area contributed by atoms with Crippen molar-refractivity contribution in [3.8, 4) is 5.88 Å². The topological polar surface area (TPSA) is 68.5 Å². The van der Waals surface area contributed by atoms with E-state index in [1.54, 1.807) is 23.2 Å². The summed E-state index contributed by atoms with van der Waals surface area (Å²) < 4.78 is 5.06. The molecular formula is C11H15N3O2. The fourth-order valence-electron chi connectivity index (χ4n) is 1.77. The number of hydrogen-bond donors (Lipinski definition) is 1. The lowest BCUT2D eigenvalue weighted by atomic mass is 9.99. The number of amides is 1. The third-order valence-electron chi connectivity index (χ3n) is 2.77. The number of methoxy groups -OCH3 is 1. The molecule has 0 bridgehead atoms. The zero-order valence-corrected chi connectivity index (χ0v) is 9.22. The highest BCUT2D eigenvalue weighted by molar-refractivity contribution is 5.96. The molecule has 0 aromatic carbocycles. The van der Waals surface area contributed by atoms with Crippen molar-refractivity contribution in [1.82, 2.24) is 9.88 Å². The van der Waals surface area contributed by atoms with E-state index in [1.807, 2.05) is 0 Å². The number of ether oxygens (including phenoxy) is 1. The lowest BCUT2D eigenvalue weighted by molar-refractivity contribution is 0.0511. The third kappa shape index (κ3) is 1.86. The fraction of sp³-hybridized carbons (Fsp3) is 0.455. The standard InChI is InChI=1S/C11H15N3O2/c1-16-10-9(3-2-4-13-10)11(15)14-6-8(5-12)7-14/h2-4,8H,5-7,12H2,1H3. The summed E-state index contributed by atoms with van der Waals surface area (Å²) in [5, 5.41) is 0. The van der Waals surface area contributed by atoms with Gasteiger partial charge >= 0.3 is 0 Å². The summed E-state index contributed by atoms with van der Waals surface area (Å²) in [6, 6.07) is 3.46. The number of pyridine rings is 1. The van der Waals surface area contributed by atoms with Crippen molar-refractivity contribution >= 4 is 5.91 Å². The molecule has 2 rings (SSSR count). The fourth-order valence-corrected chi connectivity index (χ4v) is 1.77. The first-order valence-corrected chi connectivity index (χ1v) is 5.24. The normalized spacial score (nSPS) is 15.8. The molecule has 0 spiro atoms. The van der Waals surface area contributed by atoms with Crippen molar-refractivity contribution in [2.24, 2.45) is 11.7 Å². The molecule has 5 nitrogen and oxygen atoms in total. The van der Waals surface area contributed by atoms with Crippen LogP contribution in [0.3, 0.4) is 0 Å². The highest BCUT2D eigenvalue weighted by atomic mass is 16.5. The number of likely N-dealkylation sites (tertiary alicyclic amines) is 1. The Kier molecular flexibility index (Phi) is 3.05. The van der Waals surface area contributed by atoms with Gasteiger partial charge in [0.15, 0.2) is 0 Å². The SMILES string of the molecule is COc1ncccc1C(=O)N1CC(CN)C1. The van der Waals surface area contributed by atoms with E-state index in [0.29, 0.717) is 23.9 Å². The summed E-state index contributed by atoms with van der Waals surface area (Å²) in [6.45, 7) is 2.09. The van der Waals surface area contributed by atoms with Crippen molar-refractivity contribution in [2.45, 2.75) is 0 Å². The molecule has 0 saturated carbocycles. The second kappa shape index (κ2) is 4.49. The monoisotopic (exact) mass is 221 g/mol. The van der Waals surface area contributed by atoms with Crippen LogP contribution >= 0.6 is 0 Å². The highest BCUT2D eigenvalue weighted by Crippen LogP contribution is 2.21. The maximum atomic E-state index is 12.0. The minimum atomic E-state index is -0.0327. The highest BCUT2D eigenvalue weighted by Gasteiger charge is 2.31. The average molecular weight is 221 g/mol. The second-order valence-electron chi connectivity index (χ2n) is 3.87. The molecule has 1 saturated heterocycles. The van der Waals surface area contributed by atoms with Gasteiger partial charge in [-0.25, -0.2) is 4.98 Å². The minimum absolute atomic E-state index is 0.0327. The van der Waals surface area contributed by atoms with Gasteiger partial charge in [-0.15, -0.1) is 0 Å². The molecule has 2 heterocycles. The van der Waals surface area contributed by atoms with E-state index < -0.39 is 0 Å². The van der Waals surface area contributed by atoms with Crippen molar-refractivity contribution in [3.63, 3.8) is 0 Å². The third-order valence-corrected chi connectivity index (χ3v) is 2.77. The van der Waals surface area contributed by atoms with Crippen molar-refractivity contribution in [2.75, 3.05) is 26.7 Å². The molecule has 1 aromatic heterocycles. The first kappa shape index (κ1) is 10.9. The van der Waals surface area contributed by atoms with Gasteiger partial charge in [-0.05, 0) is 18.7 Å². The molecule has 1 aromatic rings. The van der Waals surface area contributed by atoms with E-state index in [-0.39, 0.29) is 5.91 Å². The van der Waals surface area contributed by atoms with Gasteiger partial charge in [-0.2, -0.15) is 0 Å². The lowest BCUT2D eigenvalue weighted by Crippen LogP contribution is -2.52. The largest absolute Gasteiger partial charge is 0.480 e. The lowest BCUT2D eigenvalue weighted by Gasteiger charge is -2.38. The average Bonchev–Trinajstić information content (AvgIpc) is 2.27. The Labute approximate surface area is 94.2 Å². The molecule has 2 N–H and O–H groups in total. The Hall–Kier alpha value is -1.62. The molecule has 1 aliphatic rings. The molecule has 1 amide bonds. The maximum Gasteiger partial charge on any atom is 0.259 e. The Morgan fingerprint density at radius 2 is 2.44 bits per heavy atom.